The van der Waals surface area contributed by atoms with Gasteiger partial charge in [0.1, 0.15) is 0 Å². The highest BCUT2D eigenvalue weighted by Gasteiger charge is 2.36. The molecule has 1 aromatic rings. The molecule has 2 fully saturated rings. The van der Waals surface area contributed by atoms with Crippen LogP contribution in [0.4, 0.5) is 0 Å². The average molecular weight is 366 g/mol. The zero-order valence-electron chi connectivity index (χ0n) is 10.8. The van der Waals surface area contributed by atoms with Crippen molar-refractivity contribution in [2.45, 2.75) is 43.8 Å². The lowest BCUT2D eigenvalue weighted by atomic mass is 9.98. The minimum Gasteiger partial charge on any atom is -0.338 e. The topological polar surface area (TPSA) is 32.3 Å². The zero-order chi connectivity index (χ0) is 12.7. The number of thiophene rings is 1. The summed E-state index contributed by atoms with van der Waals surface area (Å²) < 4.78 is 0.995. The molecule has 19 heavy (non-hydrogen) atoms. The molecule has 3 heterocycles. The van der Waals surface area contributed by atoms with Gasteiger partial charge in [0, 0.05) is 35.0 Å². The van der Waals surface area contributed by atoms with Gasteiger partial charge in [0.15, 0.2) is 0 Å². The third kappa shape index (κ3) is 3.15. The first-order chi connectivity index (χ1) is 8.63. The Kier molecular flexibility index (Phi) is 4.93. The van der Waals surface area contributed by atoms with Gasteiger partial charge in [0.05, 0.1) is 4.88 Å². The number of carbonyl (C=O) groups excluding carboxylic acids is 1. The first-order valence-electron chi connectivity index (χ1n) is 6.40. The number of nitrogens with one attached hydrogen (secondary N) is 1. The van der Waals surface area contributed by atoms with Crippen molar-refractivity contribution in [1.29, 1.82) is 0 Å². The average Bonchev–Trinajstić information content (AvgIpc) is 2.94. The molecule has 0 spiro atoms. The molecule has 0 radical (unpaired) electrons. The van der Waals surface area contributed by atoms with Crippen molar-refractivity contribution in [2.24, 2.45) is 0 Å². The highest BCUT2D eigenvalue weighted by molar-refractivity contribution is 9.10. The first-order valence-corrected chi connectivity index (χ1v) is 8.08. The van der Waals surface area contributed by atoms with E-state index in [2.05, 4.69) is 21.2 Å². The molecule has 2 atom stereocenters. The lowest BCUT2D eigenvalue weighted by Gasteiger charge is -2.35. The lowest BCUT2D eigenvalue weighted by molar-refractivity contribution is 0.0686. The Morgan fingerprint density at radius 1 is 1.42 bits per heavy atom. The predicted octanol–water partition coefficient (Wildman–Crippen LogP) is 3.29. The maximum Gasteiger partial charge on any atom is 0.263 e. The summed E-state index contributed by atoms with van der Waals surface area (Å²) in [5.74, 6) is 0.164. The molecular formula is C13H18BrClN2OS. The number of carbonyl (C=O) groups is 1. The van der Waals surface area contributed by atoms with Crippen molar-refractivity contribution in [3.05, 3.63) is 20.8 Å². The van der Waals surface area contributed by atoms with Gasteiger partial charge < -0.3 is 10.2 Å². The summed E-state index contributed by atoms with van der Waals surface area (Å²) in [6.07, 6.45) is 4.75. The van der Waals surface area contributed by atoms with Crippen LogP contribution in [0, 0.1) is 0 Å². The fraction of sp³-hybridized carbons (Fsp3) is 0.615. The molecule has 1 N–H and O–H groups in total. The number of rotatable bonds is 2. The van der Waals surface area contributed by atoms with E-state index in [4.69, 9.17) is 0 Å². The van der Waals surface area contributed by atoms with Crippen molar-refractivity contribution in [3.8, 4) is 0 Å². The quantitative estimate of drug-likeness (QED) is 0.872. The van der Waals surface area contributed by atoms with Crippen LogP contribution in [0.5, 0.6) is 0 Å². The second-order valence-corrected chi connectivity index (χ2v) is 7.14. The van der Waals surface area contributed by atoms with Crippen LogP contribution in [0.15, 0.2) is 15.9 Å². The van der Waals surface area contributed by atoms with Crippen LogP contribution < -0.4 is 5.32 Å². The van der Waals surface area contributed by atoms with Crippen LogP contribution in [0.2, 0.25) is 0 Å². The number of halogens is 2. The molecule has 2 saturated heterocycles. The van der Waals surface area contributed by atoms with Crippen molar-refractivity contribution in [2.75, 3.05) is 7.05 Å². The molecule has 3 nitrogen and oxygen atoms in total. The predicted molar refractivity (Wildman–Crippen MR) is 84.3 cm³/mol. The molecule has 6 heteroatoms. The fourth-order valence-corrected chi connectivity index (χ4v) is 4.52. The normalized spacial score (nSPS) is 28.8. The van der Waals surface area contributed by atoms with Gasteiger partial charge >= 0.3 is 0 Å². The smallest absolute Gasteiger partial charge is 0.263 e. The number of piperidine rings is 1. The minimum atomic E-state index is 0. The fourth-order valence-electron chi connectivity index (χ4n) is 3.11. The Labute approximate surface area is 132 Å². The van der Waals surface area contributed by atoms with E-state index in [-0.39, 0.29) is 18.3 Å². The first kappa shape index (κ1) is 15.3. The van der Waals surface area contributed by atoms with Gasteiger partial charge in [0.25, 0.3) is 5.91 Å². The molecule has 1 aromatic heterocycles. The van der Waals surface area contributed by atoms with Gasteiger partial charge in [-0.15, -0.1) is 23.7 Å². The summed E-state index contributed by atoms with van der Waals surface area (Å²) in [6, 6.07) is 3.56. The molecule has 2 aliphatic rings. The molecule has 106 valence electrons. The molecule has 2 unspecified atom stereocenters. The maximum atomic E-state index is 12.4. The van der Waals surface area contributed by atoms with Gasteiger partial charge in [-0.25, -0.2) is 0 Å². The third-order valence-corrected chi connectivity index (χ3v) is 5.77. The summed E-state index contributed by atoms with van der Waals surface area (Å²) in [5.41, 5.74) is 0. The van der Waals surface area contributed by atoms with E-state index in [1.54, 1.807) is 0 Å². The van der Waals surface area contributed by atoms with Gasteiger partial charge in [-0.2, -0.15) is 0 Å². The number of nitrogens with zero attached hydrogens (tertiary/aromatic N) is 1. The Morgan fingerprint density at radius 2 is 2.05 bits per heavy atom. The van der Waals surface area contributed by atoms with Crippen molar-refractivity contribution >= 4 is 45.6 Å². The Hall–Kier alpha value is -0.100. The monoisotopic (exact) mass is 364 g/mol. The SMILES string of the molecule is CN(C(=O)c1cc(Br)cs1)C1CC2CCC(C1)N2.Cl. The number of fused-ring (bicyclic) bond motifs is 2. The van der Waals surface area contributed by atoms with Crippen LogP contribution in [-0.2, 0) is 0 Å². The van der Waals surface area contributed by atoms with Crippen molar-refractivity contribution < 1.29 is 4.79 Å². The molecule has 2 bridgehead atoms. The number of amides is 1. The zero-order valence-corrected chi connectivity index (χ0v) is 14.0. The second-order valence-electron chi connectivity index (χ2n) is 5.31. The summed E-state index contributed by atoms with van der Waals surface area (Å²) in [5, 5.41) is 5.58. The van der Waals surface area contributed by atoms with Crippen LogP contribution in [0.1, 0.15) is 35.4 Å². The summed E-state index contributed by atoms with van der Waals surface area (Å²) in [7, 11) is 1.95. The highest BCUT2D eigenvalue weighted by Crippen LogP contribution is 2.30. The Balaban J connectivity index is 0.00000133. The molecule has 0 aliphatic carbocycles. The molecule has 1 amide bonds. The molecule has 2 aliphatic heterocycles. The highest BCUT2D eigenvalue weighted by atomic mass is 79.9. The van der Waals surface area contributed by atoms with E-state index in [9.17, 15) is 4.79 Å². The van der Waals surface area contributed by atoms with Crippen LogP contribution in [-0.4, -0.2) is 36.0 Å². The van der Waals surface area contributed by atoms with Crippen molar-refractivity contribution in [3.63, 3.8) is 0 Å². The molecule has 3 rings (SSSR count). The van der Waals surface area contributed by atoms with E-state index in [1.807, 2.05) is 23.4 Å². The Morgan fingerprint density at radius 3 is 2.58 bits per heavy atom. The maximum absolute atomic E-state index is 12.4. The molecular weight excluding hydrogens is 348 g/mol. The second kappa shape index (κ2) is 6.12. The lowest BCUT2D eigenvalue weighted by Crippen LogP contribution is -2.48. The minimum absolute atomic E-state index is 0. The number of hydrogen-bond donors (Lipinski definition) is 1. The number of hydrogen-bond acceptors (Lipinski definition) is 3. The van der Waals surface area contributed by atoms with E-state index in [0.29, 0.717) is 18.1 Å². The molecule has 0 aromatic carbocycles. The van der Waals surface area contributed by atoms with E-state index >= 15 is 0 Å². The van der Waals surface area contributed by atoms with Crippen LogP contribution in [0.3, 0.4) is 0 Å². The van der Waals surface area contributed by atoms with Crippen molar-refractivity contribution in [1.82, 2.24) is 10.2 Å². The summed E-state index contributed by atoms with van der Waals surface area (Å²) in [4.78, 5) is 15.2. The largest absolute Gasteiger partial charge is 0.338 e. The summed E-state index contributed by atoms with van der Waals surface area (Å²) >= 11 is 4.92. The van der Waals surface area contributed by atoms with Gasteiger partial charge in [-0.3, -0.25) is 4.79 Å². The van der Waals surface area contributed by atoms with Crippen LogP contribution >= 0.6 is 39.7 Å². The third-order valence-electron chi connectivity index (χ3n) is 4.09. The standard InChI is InChI=1S/C13H17BrN2OS.ClH/c1-16(13(17)12-4-8(14)7-18-12)11-5-9-2-3-10(6-11)15-9;/h4,7,9-11,15H,2-3,5-6H2,1H3;1H. The van der Waals surface area contributed by atoms with Gasteiger partial charge in [0.2, 0.25) is 0 Å². The summed E-state index contributed by atoms with van der Waals surface area (Å²) in [6.45, 7) is 0. The van der Waals surface area contributed by atoms with E-state index in [0.717, 1.165) is 22.2 Å². The van der Waals surface area contributed by atoms with Gasteiger partial charge in [-0.05, 0) is 47.7 Å². The van der Waals surface area contributed by atoms with E-state index in [1.165, 1.54) is 24.2 Å². The van der Waals surface area contributed by atoms with Gasteiger partial charge in [-0.1, -0.05) is 0 Å². The molecule has 0 saturated carbocycles. The Bertz CT molecular complexity index is 455. The van der Waals surface area contributed by atoms with Crippen LogP contribution in [0.25, 0.3) is 0 Å². The van der Waals surface area contributed by atoms with E-state index < -0.39 is 0 Å².